The largest absolute Gasteiger partial charge is 0.485 e. The number of Topliss-reactive ketones (excluding diaryl/α,β-unsaturated/α-hetero) is 1. The molecular weight excluding hydrogens is 418 g/mol. The van der Waals surface area contributed by atoms with E-state index in [-0.39, 0.29) is 18.3 Å². The molecule has 3 rings (SSSR count). The molecule has 0 aliphatic carbocycles. The van der Waals surface area contributed by atoms with E-state index in [0.717, 1.165) is 10.9 Å². The fraction of sp³-hybridized carbons (Fsp3) is 0.130. The Balaban J connectivity index is 1.54. The second-order valence-corrected chi connectivity index (χ2v) is 7.16. The summed E-state index contributed by atoms with van der Waals surface area (Å²) in [7, 11) is 0. The predicted octanol–water partition coefficient (Wildman–Crippen LogP) is 5.53. The summed E-state index contributed by atoms with van der Waals surface area (Å²) < 4.78 is 6.49. The van der Waals surface area contributed by atoms with E-state index in [1.165, 1.54) is 5.56 Å². The molecule has 0 spiro atoms. The molecular formula is C23H20BrNO3. The SMILES string of the molecule is CCc1ccc(C(=O)COc2ccc(NC(=O)c3ccc(Br)cc3)cc2)cc1. The molecule has 0 heterocycles. The lowest BCUT2D eigenvalue weighted by molar-refractivity contribution is 0.0921. The molecule has 142 valence electrons. The summed E-state index contributed by atoms with van der Waals surface area (Å²) in [5, 5.41) is 2.83. The van der Waals surface area contributed by atoms with E-state index in [4.69, 9.17) is 4.74 Å². The normalized spacial score (nSPS) is 10.4. The van der Waals surface area contributed by atoms with Crippen LogP contribution < -0.4 is 10.1 Å². The molecule has 3 aromatic carbocycles. The summed E-state index contributed by atoms with van der Waals surface area (Å²) in [5.74, 6) is 0.308. The zero-order valence-electron chi connectivity index (χ0n) is 15.4. The first-order valence-corrected chi connectivity index (χ1v) is 9.76. The first-order chi connectivity index (χ1) is 13.5. The monoisotopic (exact) mass is 437 g/mol. The minimum absolute atomic E-state index is 0.0317. The first-order valence-electron chi connectivity index (χ1n) is 8.97. The van der Waals surface area contributed by atoms with Gasteiger partial charge in [0.1, 0.15) is 5.75 Å². The number of rotatable bonds is 7. The molecule has 0 aliphatic rings. The summed E-state index contributed by atoms with van der Waals surface area (Å²) >= 11 is 3.35. The van der Waals surface area contributed by atoms with Crippen molar-refractivity contribution in [1.29, 1.82) is 0 Å². The molecule has 1 N–H and O–H groups in total. The summed E-state index contributed by atoms with van der Waals surface area (Å²) in [6.45, 7) is 2.04. The summed E-state index contributed by atoms with van der Waals surface area (Å²) in [6.07, 6.45) is 0.940. The van der Waals surface area contributed by atoms with Crippen molar-refractivity contribution < 1.29 is 14.3 Å². The van der Waals surface area contributed by atoms with Crippen LogP contribution in [0.4, 0.5) is 5.69 Å². The van der Waals surface area contributed by atoms with Crippen LogP contribution in [0.25, 0.3) is 0 Å². The first kappa shape index (κ1) is 19.8. The maximum atomic E-state index is 12.2. The third-order valence-corrected chi connectivity index (χ3v) is 4.80. The van der Waals surface area contributed by atoms with Gasteiger partial charge in [-0.15, -0.1) is 0 Å². The van der Waals surface area contributed by atoms with E-state index < -0.39 is 0 Å². The van der Waals surface area contributed by atoms with E-state index in [9.17, 15) is 9.59 Å². The van der Waals surface area contributed by atoms with Gasteiger partial charge in [0.25, 0.3) is 5.91 Å². The second kappa shape index (κ2) is 9.33. The van der Waals surface area contributed by atoms with Crippen LogP contribution in [-0.2, 0) is 6.42 Å². The molecule has 0 aliphatic heterocycles. The maximum absolute atomic E-state index is 12.2. The van der Waals surface area contributed by atoms with Crippen LogP contribution in [-0.4, -0.2) is 18.3 Å². The molecule has 0 aromatic heterocycles. The molecule has 0 fully saturated rings. The number of amides is 1. The Morgan fingerprint density at radius 1 is 0.857 bits per heavy atom. The van der Waals surface area contributed by atoms with Crippen LogP contribution >= 0.6 is 15.9 Å². The van der Waals surface area contributed by atoms with Crippen molar-refractivity contribution in [1.82, 2.24) is 0 Å². The van der Waals surface area contributed by atoms with Gasteiger partial charge in [0.15, 0.2) is 12.4 Å². The number of hydrogen-bond acceptors (Lipinski definition) is 3. The highest BCUT2D eigenvalue weighted by Crippen LogP contribution is 2.18. The Kier molecular flexibility index (Phi) is 6.61. The molecule has 0 atom stereocenters. The third kappa shape index (κ3) is 5.30. The lowest BCUT2D eigenvalue weighted by Crippen LogP contribution is -2.12. The van der Waals surface area contributed by atoms with Gasteiger partial charge in [0, 0.05) is 21.3 Å². The van der Waals surface area contributed by atoms with Crippen LogP contribution in [0.15, 0.2) is 77.3 Å². The smallest absolute Gasteiger partial charge is 0.255 e. The van der Waals surface area contributed by atoms with Gasteiger partial charge in [-0.05, 0) is 60.5 Å². The van der Waals surface area contributed by atoms with Crippen molar-refractivity contribution in [2.24, 2.45) is 0 Å². The zero-order valence-corrected chi connectivity index (χ0v) is 17.0. The number of anilines is 1. The molecule has 3 aromatic rings. The van der Waals surface area contributed by atoms with Crippen LogP contribution in [0.3, 0.4) is 0 Å². The maximum Gasteiger partial charge on any atom is 0.255 e. The Morgan fingerprint density at radius 2 is 1.46 bits per heavy atom. The predicted molar refractivity (Wildman–Crippen MR) is 114 cm³/mol. The number of halogens is 1. The number of nitrogens with one attached hydrogen (secondary N) is 1. The van der Waals surface area contributed by atoms with Gasteiger partial charge in [0.2, 0.25) is 0 Å². The molecule has 28 heavy (non-hydrogen) atoms. The van der Waals surface area contributed by atoms with Gasteiger partial charge in [-0.2, -0.15) is 0 Å². The number of ether oxygens (including phenoxy) is 1. The summed E-state index contributed by atoms with van der Waals surface area (Å²) in [5.41, 5.74) is 3.05. The van der Waals surface area contributed by atoms with Gasteiger partial charge >= 0.3 is 0 Å². The van der Waals surface area contributed by atoms with Crippen molar-refractivity contribution in [3.8, 4) is 5.75 Å². The van der Waals surface area contributed by atoms with Crippen LogP contribution in [0, 0.1) is 0 Å². The molecule has 1 amide bonds. The average molecular weight is 438 g/mol. The van der Waals surface area contributed by atoms with Gasteiger partial charge in [-0.1, -0.05) is 47.1 Å². The molecule has 0 saturated carbocycles. The Bertz CT molecular complexity index is 949. The highest BCUT2D eigenvalue weighted by Gasteiger charge is 2.08. The van der Waals surface area contributed by atoms with E-state index in [1.807, 2.05) is 36.4 Å². The van der Waals surface area contributed by atoms with Crippen molar-refractivity contribution in [3.63, 3.8) is 0 Å². The minimum atomic E-state index is -0.188. The molecule has 0 saturated heterocycles. The highest BCUT2D eigenvalue weighted by molar-refractivity contribution is 9.10. The zero-order chi connectivity index (χ0) is 19.9. The van der Waals surface area contributed by atoms with Gasteiger partial charge in [0.05, 0.1) is 0 Å². The molecule has 4 nitrogen and oxygen atoms in total. The number of ketones is 1. The van der Waals surface area contributed by atoms with Gasteiger partial charge in [-0.25, -0.2) is 0 Å². The van der Waals surface area contributed by atoms with Crippen molar-refractivity contribution in [3.05, 3.63) is 94.0 Å². The van der Waals surface area contributed by atoms with E-state index >= 15 is 0 Å². The van der Waals surface area contributed by atoms with Gasteiger partial charge in [-0.3, -0.25) is 9.59 Å². The Labute approximate surface area is 172 Å². The van der Waals surface area contributed by atoms with Crippen molar-refractivity contribution in [2.75, 3.05) is 11.9 Å². The number of carbonyl (C=O) groups is 2. The fourth-order valence-electron chi connectivity index (χ4n) is 2.60. The summed E-state index contributed by atoms with van der Waals surface area (Å²) in [4.78, 5) is 24.5. The third-order valence-electron chi connectivity index (χ3n) is 4.27. The minimum Gasteiger partial charge on any atom is -0.485 e. The second-order valence-electron chi connectivity index (χ2n) is 6.25. The summed E-state index contributed by atoms with van der Waals surface area (Å²) in [6, 6.07) is 21.6. The molecule has 5 heteroatoms. The number of benzene rings is 3. The van der Waals surface area contributed by atoms with Crippen molar-refractivity contribution >= 4 is 33.3 Å². The van der Waals surface area contributed by atoms with Gasteiger partial charge < -0.3 is 10.1 Å². The lowest BCUT2D eigenvalue weighted by Gasteiger charge is -2.08. The van der Waals surface area contributed by atoms with Crippen LogP contribution in [0.5, 0.6) is 5.75 Å². The van der Waals surface area contributed by atoms with E-state index in [2.05, 4.69) is 28.2 Å². The van der Waals surface area contributed by atoms with E-state index in [1.54, 1.807) is 36.4 Å². The van der Waals surface area contributed by atoms with Crippen LogP contribution in [0.2, 0.25) is 0 Å². The average Bonchev–Trinajstić information content (AvgIpc) is 2.73. The number of carbonyl (C=O) groups excluding carboxylic acids is 2. The number of aryl methyl sites for hydroxylation is 1. The number of hydrogen-bond donors (Lipinski definition) is 1. The molecule has 0 bridgehead atoms. The standard InChI is InChI=1S/C23H20BrNO3/c1-2-16-3-5-17(6-4-16)22(26)15-28-21-13-11-20(12-14-21)25-23(27)18-7-9-19(24)10-8-18/h3-14H,2,15H2,1H3,(H,25,27). The fourth-order valence-corrected chi connectivity index (χ4v) is 2.86. The molecule has 0 unspecified atom stereocenters. The lowest BCUT2D eigenvalue weighted by atomic mass is 10.1. The van der Waals surface area contributed by atoms with Crippen LogP contribution in [0.1, 0.15) is 33.2 Å². The van der Waals surface area contributed by atoms with E-state index in [0.29, 0.717) is 22.6 Å². The highest BCUT2D eigenvalue weighted by atomic mass is 79.9. The Hall–Kier alpha value is -2.92. The molecule has 0 radical (unpaired) electrons. The topological polar surface area (TPSA) is 55.4 Å². The quantitative estimate of drug-likeness (QED) is 0.494. The Morgan fingerprint density at radius 3 is 2.07 bits per heavy atom. The van der Waals surface area contributed by atoms with Crippen molar-refractivity contribution in [2.45, 2.75) is 13.3 Å².